The molecule has 3 N–H and O–H groups in total. The average Bonchev–Trinajstić information content (AvgIpc) is 3.29. The Bertz CT molecular complexity index is 969. The number of aliphatic hydroxyl groups is 2. The molecule has 0 saturated carbocycles. The Morgan fingerprint density at radius 2 is 0.703 bits per heavy atom. The molecular formula is C54H109O9P. The molecule has 64 heavy (non-hydrogen) atoms. The van der Waals surface area contributed by atoms with E-state index in [2.05, 4.69) is 13.8 Å². The second kappa shape index (κ2) is 51.8. The van der Waals surface area contributed by atoms with E-state index in [0.717, 1.165) is 32.1 Å². The summed E-state index contributed by atoms with van der Waals surface area (Å²) >= 11 is 0. The minimum absolute atomic E-state index is 0.0591. The number of esters is 1. The summed E-state index contributed by atoms with van der Waals surface area (Å²) in [7, 11) is -4.52. The third-order valence-corrected chi connectivity index (χ3v) is 13.7. The van der Waals surface area contributed by atoms with Gasteiger partial charge in [0.2, 0.25) is 0 Å². The van der Waals surface area contributed by atoms with E-state index in [1.807, 2.05) is 0 Å². The SMILES string of the molecule is CCCCCCCCCCCCCCCCCCCCCCCCOCC(COP(=O)(O)OCC(O)CO)OC(=O)CCCCCCCCCCCCCCCCCCCCCCC. The zero-order valence-corrected chi connectivity index (χ0v) is 43.4. The molecule has 0 bridgehead atoms. The molecule has 0 aliphatic carbocycles. The highest BCUT2D eigenvalue weighted by Gasteiger charge is 2.26. The molecule has 0 radical (unpaired) electrons. The topological polar surface area (TPSA) is 132 Å². The normalized spacial score (nSPS) is 13.6. The molecule has 0 saturated heterocycles. The number of carbonyl (C=O) groups excluding carboxylic acids is 1. The van der Waals surface area contributed by atoms with Gasteiger partial charge in [-0.15, -0.1) is 0 Å². The molecule has 9 nitrogen and oxygen atoms in total. The molecule has 0 aliphatic heterocycles. The van der Waals surface area contributed by atoms with Gasteiger partial charge in [-0.3, -0.25) is 13.8 Å². The summed E-state index contributed by atoms with van der Waals surface area (Å²) in [5, 5.41) is 18.4. The molecule has 0 spiro atoms. The van der Waals surface area contributed by atoms with Gasteiger partial charge in [-0.25, -0.2) is 4.57 Å². The van der Waals surface area contributed by atoms with Crippen LogP contribution in [0.15, 0.2) is 0 Å². The maximum atomic E-state index is 12.7. The first-order chi connectivity index (χ1) is 31.3. The van der Waals surface area contributed by atoms with E-state index in [0.29, 0.717) is 6.61 Å². The van der Waals surface area contributed by atoms with Crippen LogP contribution >= 0.6 is 7.82 Å². The summed E-state index contributed by atoms with van der Waals surface area (Å²) in [4.78, 5) is 22.7. The van der Waals surface area contributed by atoms with Crippen LogP contribution in [0.3, 0.4) is 0 Å². The molecule has 10 heteroatoms. The number of carbonyl (C=O) groups is 1. The summed E-state index contributed by atoms with van der Waals surface area (Å²) in [6, 6.07) is 0. The highest BCUT2D eigenvalue weighted by Crippen LogP contribution is 2.43. The maximum absolute atomic E-state index is 12.7. The van der Waals surface area contributed by atoms with Crippen molar-refractivity contribution in [1.82, 2.24) is 0 Å². The van der Waals surface area contributed by atoms with Crippen molar-refractivity contribution < 1.29 is 43.0 Å². The van der Waals surface area contributed by atoms with Crippen LogP contribution in [0.5, 0.6) is 0 Å². The standard InChI is InChI=1S/C54H109O9P/c1-3-5-7-9-11-13-15-17-19-21-23-25-27-29-31-33-35-37-39-41-43-45-47-60-50-53(51-62-64(58,59)61-49-52(56)48-55)63-54(57)46-44-42-40-38-36-34-32-30-28-26-24-22-20-18-16-14-12-10-8-6-4-2/h52-53,55-56H,3-51H2,1-2H3,(H,58,59). The summed E-state index contributed by atoms with van der Waals surface area (Å²) in [5.41, 5.74) is 0. The fraction of sp³-hybridized carbons (Fsp3) is 0.981. The van der Waals surface area contributed by atoms with E-state index in [1.54, 1.807) is 0 Å². The van der Waals surface area contributed by atoms with E-state index in [4.69, 9.17) is 23.6 Å². The van der Waals surface area contributed by atoms with E-state index >= 15 is 0 Å². The van der Waals surface area contributed by atoms with Crippen molar-refractivity contribution in [3.05, 3.63) is 0 Å². The Morgan fingerprint density at radius 3 is 1.02 bits per heavy atom. The van der Waals surface area contributed by atoms with Crippen molar-refractivity contribution in [3.63, 3.8) is 0 Å². The van der Waals surface area contributed by atoms with Gasteiger partial charge in [-0.1, -0.05) is 277 Å². The number of ether oxygens (including phenoxy) is 2. The lowest BCUT2D eigenvalue weighted by Gasteiger charge is -2.20. The van der Waals surface area contributed by atoms with Gasteiger partial charge in [-0.05, 0) is 12.8 Å². The van der Waals surface area contributed by atoms with Crippen LogP contribution in [-0.2, 0) is 27.9 Å². The predicted molar refractivity (Wildman–Crippen MR) is 270 cm³/mol. The summed E-state index contributed by atoms with van der Waals surface area (Å²) < 4.78 is 33.6. The highest BCUT2D eigenvalue weighted by atomic mass is 31.2. The van der Waals surface area contributed by atoms with Crippen molar-refractivity contribution in [2.45, 2.75) is 309 Å². The van der Waals surface area contributed by atoms with Crippen LogP contribution in [0.4, 0.5) is 0 Å². The van der Waals surface area contributed by atoms with Gasteiger partial charge in [0.1, 0.15) is 12.2 Å². The maximum Gasteiger partial charge on any atom is 0.472 e. The lowest BCUT2D eigenvalue weighted by Crippen LogP contribution is -2.29. The Kier molecular flexibility index (Phi) is 51.4. The molecule has 384 valence electrons. The van der Waals surface area contributed by atoms with Gasteiger partial charge in [0.05, 0.1) is 26.4 Å². The molecule has 3 unspecified atom stereocenters. The first-order valence-electron chi connectivity index (χ1n) is 28.0. The van der Waals surface area contributed by atoms with Crippen LogP contribution in [-0.4, -0.2) is 66.3 Å². The number of rotatable bonds is 55. The number of phosphoric acid groups is 1. The molecule has 0 aliphatic rings. The number of hydrogen-bond donors (Lipinski definition) is 3. The molecule has 3 atom stereocenters. The van der Waals surface area contributed by atoms with Crippen LogP contribution in [0.2, 0.25) is 0 Å². The van der Waals surface area contributed by atoms with Crippen molar-refractivity contribution in [3.8, 4) is 0 Å². The molecule has 0 amide bonds. The smallest absolute Gasteiger partial charge is 0.457 e. The fourth-order valence-corrected chi connectivity index (χ4v) is 9.33. The highest BCUT2D eigenvalue weighted by molar-refractivity contribution is 7.47. The van der Waals surface area contributed by atoms with E-state index in [9.17, 15) is 19.4 Å². The number of hydrogen-bond acceptors (Lipinski definition) is 8. The third-order valence-electron chi connectivity index (χ3n) is 12.8. The fourth-order valence-electron chi connectivity index (χ4n) is 8.54. The molecule has 0 fully saturated rings. The minimum atomic E-state index is -4.52. The first kappa shape index (κ1) is 63.5. The average molecular weight is 933 g/mol. The summed E-state index contributed by atoms with van der Waals surface area (Å²) in [5.74, 6) is -0.372. The molecule has 0 heterocycles. The van der Waals surface area contributed by atoms with E-state index in [-0.39, 0.29) is 25.6 Å². The Balaban J connectivity index is 3.96. The number of unbranched alkanes of at least 4 members (excludes halogenated alkanes) is 41. The molecule has 0 rings (SSSR count). The Hall–Kier alpha value is -0.540. The van der Waals surface area contributed by atoms with Crippen molar-refractivity contribution in [1.29, 1.82) is 0 Å². The minimum Gasteiger partial charge on any atom is -0.457 e. The zero-order chi connectivity index (χ0) is 46.7. The van der Waals surface area contributed by atoms with Crippen molar-refractivity contribution in [2.24, 2.45) is 0 Å². The van der Waals surface area contributed by atoms with Crippen molar-refractivity contribution >= 4 is 13.8 Å². The van der Waals surface area contributed by atoms with Crippen molar-refractivity contribution in [2.75, 3.05) is 33.0 Å². The molecule has 0 aromatic heterocycles. The molecule has 0 aromatic carbocycles. The third kappa shape index (κ3) is 50.9. The number of aliphatic hydroxyl groups excluding tert-OH is 2. The zero-order valence-electron chi connectivity index (χ0n) is 42.5. The second-order valence-corrected chi connectivity index (χ2v) is 20.8. The van der Waals surface area contributed by atoms with Crippen LogP contribution in [0, 0.1) is 0 Å². The van der Waals surface area contributed by atoms with Gasteiger partial charge in [0.25, 0.3) is 0 Å². The first-order valence-corrected chi connectivity index (χ1v) is 29.5. The Morgan fingerprint density at radius 1 is 0.422 bits per heavy atom. The van der Waals surface area contributed by atoms with Crippen LogP contribution < -0.4 is 0 Å². The van der Waals surface area contributed by atoms with Gasteiger partial charge >= 0.3 is 13.8 Å². The van der Waals surface area contributed by atoms with Crippen LogP contribution in [0.1, 0.15) is 296 Å². The summed E-state index contributed by atoms with van der Waals surface area (Å²) in [6.07, 6.45) is 55.1. The van der Waals surface area contributed by atoms with Gasteiger partial charge in [0, 0.05) is 13.0 Å². The lowest BCUT2D eigenvalue weighted by atomic mass is 10.0. The quantitative estimate of drug-likeness (QED) is 0.0310. The Labute approximate surface area is 397 Å². The largest absolute Gasteiger partial charge is 0.472 e. The predicted octanol–water partition coefficient (Wildman–Crippen LogP) is 16.6. The molecular weight excluding hydrogens is 824 g/mol. The summed E-state index contributed by atoms with van der Waals surface area (Å²) in [6.45, 7) is 3.62. The van der Waals surface area contributed by atoms with E-state index in [1.165, 1.54) is 244 Å². The van der Waals surface area contributed by atoms with Gasteiger partial charge in [-0.2, -0.15) is 0 Å². The molecule has 0 aromatic rings. The number of phosphoric ester groups is 1. The second-order valence-electron chi connectivity index (χ2n) is 19.3. The lowest BCUT2D eigenvalue weighted by molar-refractivity contribution is -0.154. The monoisotopic (exact) mass is 933 g/mol. The van der Waals surface area contributed by atoms with Crippen LogP contribution in [0.25, 0.3) is 0 Å². The van der Waals surface area contributed by atoms with E-state index < -0.39 is 33.2 Å². The van der Waals surface area contributed by atoms with Gasteiger partial charge in [0.15, 0.2) is 0 Å². The van der Waals surface area contributed by atoms with Gasteiger partial charge < -0.3 is 24.6 Å².